The number of rotatable bonds is 5. The van der Waals surface area contributed by atoms with Crippen molar-refractivity contribution in [1.82, 2.24) is 24.1 Å². The molecule has 198 valence electrons. The number of nitrogens with one attached hydrogen (secondary N) is 2. The highest BCUT2D eigenvalue weighted by Gasteiger charge is 2.30. The van der Waals surface area contributed by atoms with E-state index in [1.165, 1.54) is 12.1 Å². The summed E-state index contributed by atoms with van der Waals surface area (Å²) in [5.74, 6) is 1.01. The van der Waals surface area contributed by atoms with Crippen LogP contribution in [0.15, 0.2) is 67.1 Å². The second kappa shape index (κ2) is 9.23. The van der Waals surface area contributed by atoms with Crippen LogP contribution in [0.2, 0.25) is 0 Å². The van der Waals surface area contributed by atoms with Crippen molar-refractivity contribution in [3.05, 3.63) is 78.8 Å². The molecule has 2 amide bonds. The van der Waals surface area contributed by atoms with Crippen molar-refractivity contribution < 1.29 is 9.18 Å². The first-order valence-electron chi connectivity index (χ1n) is 12.8. The molecule has 1 fully saturated rings. The number of aromatic nitrogens is 5. The van der Waals surface area contributed by atoms with E-state index in [0.29, 0.717) is 39.9 Å². The van der Waals surface area contributed by atoms with Crippen LogP contribution in [0.5, 0.6) is 0 Å². The van der Waals surface area contributed by atoms with Gasteiger partial charge in [-0.1, -0.05) is 36.4 Å². The minimum absolute atomic E-state index is 0.0396. The molecule has 0 unspecified atom stereocenters. The van der Waals surface area contributed by atoms with Crippen LogP contribution in [-0.4, -0.2) is 30.2 Å². The van der Waals surface area contributed by atoms with E-state index >= 15 is 4.39 Å². The number of carbonyl (C=O) groups excluding carboxylic acids is 1. The summed E-state index contributed by atoms with van der Waals surface area (Å²) in [5, 5.41) is 10.2. The van der Waals surface area contributed by atoms with Gasteiger partial charge in [-0.25, -0.2) is 19.2 Å². The zero-order valence-corrected chi connectivity index (χ0v) is 21.9. The van der Waals surface area contributed by atoms with E-state index in [4.69, 9.17) is 15.8 Å². The SMILES string of the molecule is CC(C)(C)n1cc(NC(=O)Nc2ccc(-c3nc(C4CC4)n4ccnc(N)c34)cc2F)c(-c2ccccc2)n1. The lowest BCUT2D eigenvalue weighted by Crippen LogP contribution is -2.22. The van der Waals surface area contributed by atoms with Gasteiger partial charge in [0.2, 0.25) is 0 Å². The molecule has 0 spiro atoms. The van der Waals surface area contributed by atoms with Gasteiger partial charge in [-0.15, -0.1) is 0 Å². The van der Waals surface area contributed by atoms with Gasteiger partial charge in [-0.05, 0) is 45.7 Å². The molecule has 4 N–H and O–H groups in total. The number of anilines is 3. The Bertz CT molecular complexity index is 1700. The average molecular weight is 525 g/mol. The number of nitrogen functional groups attached to an aromatic ring is 1. The van der Waals surface area contributed by atoms with Crippen molar-refractivity contribution >= 4 is 28.7 Å². The van der Waals surface area contributed by atoms with Gasteiger partial charge in [0, 0.05) is 35.6 Å². The Morgan fingerprint density at radius 3 is 2.46 bits per heavy atom. The zero-order chi connectivity index (χ0) is 27.3. The van der Waals surface area contributed by atoms with Gasteiger partial charge in [-0.2, -0.15) is 5.10 Å². The fourth-order valence-electron chi connectivity index (χ4n) is 4.58. The number of amides is 2. The number of halogens is 1. The molecule has 6 rings (SSSR count). The molecule has 1 aliphatic carbocycles. The van der Waals surface area contributed by atoms with Crippen molar-refractivity contribution in [2.45, 2.75) is 45.1 Å². The Hall–Kier alpha value is -4.73. The van der Waals surface area contributed by atoms with Gasteiger partial charge in [-0.3, -0.25) is 9.08 Å². The number of benzene rings is 2. The van der Waals surface area contributed by atoms with Crippen LogP contribution in [0.4, 0.5) is 26.4 Å². The molecule has 3 heterocycles. The topological polar surface area (TPSA) is 115 Å². The molecule has 5 aromatic rings. The van der Waals surface area contributed by atoms with Gasteiger partial charge in [0.15, 0.2) is 0 Å². The fraction of sp³-hybridized carbons (Fsp3) is 0.241. The van der Waals surface area contributed by atoms with E-state index in [1.807, 2.05) is 61.7 Å². The Kier molecular flexibility index (Phi) is 5.82. The predicted octanol–water partition coefficient (Wildman–Crippen LogP) is 6.26. The number of hydrogen-bond donors (Lipinski definition) is 3. The number of nitrogens with zero attached hydrogens (tertiary/aromatic N) is 5. The smallest absolute Gasteiger partial charge is 0.323 e. The van der Waals surface area contributed by atoms with Gasteiger partial charge in [0.05, 0.1) is 16.9 Å². The normalized spacial score (nSPS) is 13.5. The third kappa shape index (κ3) is 4.69. The molecule has 0 atom stereocenters. The zero-order valence-electron chi connectivity index (χ0n) is 21.9. The lowest BCUT2D eigenvalue weighted by atomic mass is 10.1. The summed E-state index contributed by atoms with van der Waals surface area (Å²) in [7, 11) is 0. The molecule has 0 aliphatic heterocycles. The number of hydrogen-bond acceptors (Lipinski definition) is 5. The average Bonchev–Trinajstić information content (AvgIpc) is 3.53. The number of imidazole rings is 1. The summed E-state index contributed by atoms with van der Waals surface area (Å²) >= 11 is 0. The lowest BCUT2D eigenvalue weighted by molar-refractivity contribution is 0.262. The maximum atomic E-state index is 15.3. The molecule has 0 bridgehead atoms. The molecule has 39 heavy (non-hydrogen) atoms. The molecule has 3 aromatic heterocycles. The van der Waals surface area contributed by atoms with Crippen LogP contribution in [0, 0.1) is 5.82 Å². The van der Waals surface area contributed by atoms with E-state index < -0.39 is 11.8 Å². The second-order valence-corrected chi connectivity index (χ2v) is 10.8. The van der Waals surface area contributed by atoms with Crippen LogP contribution < -0.4 is 16.4 Å². The highest BCUT2D eigenvalue weighted by atomic mass is 19.1. The van der Waals surface area contributed by atoms with Crippen LogP contribution in [-0.2, 0) is 5.54 Å². The third-order valence-electron chi connectivity index (χ3n) is 6.74. The number of fused-ring (bicyclic) bond motifs is 1. The van der Waals surface area contributed by atoms with Crippen molar-refractivity contribution in [2.24, 2.45) is 0 Å². The largest absolute Gasteiger partial charge is 0.382 e. The van der Waals surface area contributed by atoms with E-state index in [0.717, 1.165) is 24.2 Å². The quantitative estimate of drug-likeness (QED) is 0.251. The van der Waals surface area contributed by atoms with E-state index in [9.17, 15) is 4.79 Å². The molecular formula is C29H29FN8O. The van der Waals surface area contributed by atoms with Crippen molar-refractivity contribution in [2.75, 3.05) is 16.4 Å². The summed E-state index contributed by atoms with van der Waals surface area (Å²) in [6.07, 6.45) is 7.38. The van der Waals surface area contributed by atoms with Crippen molar-refractivity contribution in [3.8, 4) is 22.5 Å². The molecule has 1 aliphatic rings. The first-order chi connectivity index (χ1) is 18.7. The molecular weight excluding hydrogens is 495 g/mol. The highest BCUT2D eigenvalue weighted by molar-refractivity contribution is 6.02. The monoisotopic (exact) mass is 524 g/mol. The first-order valence-corrected chi connectivity index (χ1v) is 12.8. The fourth-order valence-corrected chi connectivity index (χ4v) is 4.58. The standard InChI is InChI=1S/C29H29FN8O/c1-29(2,3)38-16-22(23(36-38)17-7-5-4-6-8-17)34-28(39)33-21-12-11-19(15-20(21)30)24-25-26(31)32-13-14-37(25)27(35-24)18-9-10-18/h4-8,11-16,18H,9-10H2,1-3H3,(H2,31,32)(H2,33,34,39). The highest BCUT2D eigenvalue weighted by Crippen LogP contribution is 2.42. The van der Waals surface area contributed by atoms with Gasteiger partial charge in [0.1, 0.15) is 34.4 Å². The number of nitrogens with two attached hydrogens (primary N) is 1. The molecule has 9 nitrogen and oxygen atoms in total. The summed E-state index contributed by atoms with van der Waals surface area (Å²) in [6.45, 7) is 6.07. The molecule has 2 aromatic carbocycles. The third-order valence-corrected chi connectivity index (χ3v) is 6.74. The molecule has 10 heteroatoms. The minimum Gasteiger partial charge on any atom is -0.382 e. The lowest BCUT2D eigenvalue weighted by Gasteiger charge is -2.18. The van der Waals surface area contributed by atoms with Crippen LogP contribution in [0.3, 0.4) is 0 Å². The van der Waals surface area contributed by atoms with E-state index in [2.05, 4.69) is 15.6 Å². The Labute approximate surface area is 224 Å². The van der Waals surface area contributed by atoms with E-state index in [-0.39, 0.29) is 11.2 Å². The number of urea groups is 1. The Morgan fingerprint density at radius 2 is 1.77 bits per heavy atom. The van der Waals surface area contributed by atoms with E-state index in [1.54, 1.807) is 23.1 Å². The maximum Gasteiger partial charge on any atom is 0.323 e. The van der Waals surface area contributed by atoms with Gasteiger partial charge in [0.25, 0.3) is 0 Å². The van der Waals surface area contributed by atoms with Gasteiger partial charge < -0.3 is 16.4 Å². The van der Waals surface area contributed by atoms with Crippen molar-refractivity contribution in [3.63, 3.8) is 0 Å². The Morgan fingerprint density at radius 1 is 1.03 bits per heavy atom. The summed E-state index contributed by atoms with van der Waals surface area (Å²) in [6, 6.07) is 13.6. The maximum absolute atomic E-state index is 15.3. The number of carbonyl (C=O) groups is 1. The minimum atomic E-state index is -0.590. The molecule has 1 saturated carbocycles. The van der Waals surface area contributed by atoms with Crippen LogP contribution in [0.1, 0.15) is 45.4 Å². The summed E-state index contributed by atoms with van der Waals surface area (Å²) in [5.41, 5.74) is 9.71. The second-order valence-electron chi connectivity index (χ2n) is 10.8. The predicted molar refractivity (Wildman–Crippen MR) is 150 cm³/mol. The van der Waals surface area contributed by atoms with Crippen LogP contribution in [0.25, 0.3) is 28.0 Å². The summed E-state index contributed by atoms with van der Waals surface area (Å²) < 4.78 is 19.0. The van der Waals surface area contributed by atoms with Gasteiger partial charge >= 0.3 is 6.03 Å². The molecule has 0 radical (unpaired) electrons. The molecule has 0 saturated heterocycles. The van der Waals surface area contributed by atoms with Crippen LogP contribution >= 0.6 is 0 Å². The Balaban J connectivity index is 1.27. The van der Waals surface area contributed by atoms with Crippen molar-refractivity contribution in [1.29, 1.82) is 0 Å². The first kappa shape index (κ1) is 24.6. The summed E-state index contributed by atoms with van der Waals surface area (Å²) in [4.78, 5) is 22.0.